The predicted octanol–water partition coefficient (Wildman–Crippen LogP) is 1.53. The van der Waals surface area contributed by atoms with Crippen LogP contribution in [0.4, 0.5) is 4.79 Å². The van der Waals surface area contributed by atoms with Gasteiger partial charge in [0.15, 0.2) is 0 Å². The Bertz CT molecular complexity index is 852. The van der Waals surface area contributed by atoms with Crippen LogP contribution in [0, 0.1) is 6.92 Å². The number of hydrogen-bond acceptors (Lipinski definition) is 4. The molecule has 1 unspecified atom stereocenters. The lowest BCUT2D eigenvalue weighted by Crippen LogP contribution is -2.48. The van der Waals surface area contributed by atoms with Gasteiger partial charge in [-0.1, -0.05) is 25.0 Å². The van der Waals surface area contributed by atoms with Gasteiger partial charge in [-0.25, -0.2) is 14.2 Å². The number of imidazole rings is 1. The van der Waals surface area contributed by atoms with Crippen molar-refractivity contribution < 1.29 is 9.90 Å². The summed E-state index contributed by atoms with van der Waals surface area (Å²) in [6.45, 7) is 3.16. The van der Waals surface area contributed by atoms with Crippen molar-refractivity contribution in [3.8, 4) is 0 Å². The number of amides is 1. The second-order valence-corrected chi connectivity index (χ2v) is 7.42. The maximum Gasteiger partial charge on any atom is 0.337 e. The third kappa shape index (κ3) is 3.54. The highest BCUT2D eigenvalue weighted by molar-refractivity contribution is 5.91. The van der Waals surface area contributed by atoms with Crippen LogP contribution in [0.25, 0.3) is 11.0 Å². The molecule has 7 nitrogen and oxygen atoms in total. The molecule has 0 bridgehead atoms. The van der Waals surface area contributed by atoms with Crippen LogP contribution in [0.2, 0.25) is 0 Å². The molecule has 7 heteroatoms. The van der Waals surface area contributed by atoms with Gasteiger partial charge in [0.05, 0.1) is 23.2 Å². The number of para-hydroxylation sites is 1. The molecule has 1 fully saturated rings. The first-order chi connectivity index (χ1) is 12.4. The first-order valence-electron chi connectivity index (χ1n) is 9.24. The number of likely N-dealkylation sites (N-methyl/N-ethyl adjacent to an activating group) is 1. The monoisotopic (exact) mass is 360 g/mol. The SMILES string of the molecule is Cc1cccc2c1n(CCN(C)C)c(=O)n2C(=O)N[C@H]1CCCCC1O. The summed E-state index contributed by atoms with van der Waals surface area (Å²) in [5.41, 5.74) is 2.02. The van der Waals surface area contributed by atoms with Crippen molar-refractivity contribution in [1.29, 1.82) is 0 Å². The van der Waals surface area contributed by atoms with Crippen LogP contribution in [0.5, 0.6) is 0 Å². The van der Waals surface area contributed by atoms with Gasteiger partial charge in [-0.15, -0.1) is 0 Å². The number of nitrogens with zero attached hydrogens (tertiary/aromatic N) is 3. The van der Waals surface area contributed by atoms with Gasteiger partial charge in [-0.05, 0) is 45.5 Å². The van der Waals surface area contributed by atoms with Crippen molar-refractivity contribution in [3.05, 3.63) is 34.2 Å². The molecule has 2 atom stereocenters. The summed E-state index contributed by atoms with van der Waals surface area (Å²) in [7, 11) is 3.91. The van der Waals surface area contributed by atoms with Gasteiger partial charge < -0.3 is 15.3 Å². The van der Waals surface area contributed by atoms with E-state index in [2.05, 4.69) is 5.32 Å². The maximum absolute atomic E-state index is 13.0. The molecule has 0 aliphatic heterocycles. The predicted molar refractivity (Wildman–Crippen MR) is 102 cm³/mol. The van der Waals surface area contributed by atoms with E-state index < -0.39 is 12.1 Å². The number of hydrogen-bond donors (Lipinski definition) is 2. The number of aliphatic hydroxyl groups excluding tert-OH is 1. The topological polar surface area (TPSA) is 79.5 Å². The quantitative estimate of drug-likeness (QED) is 0.867. The summed E-state index contributed by atoms with van der Waals surface area (Å²) >= 11 is 0. The first kappa shape index (κ1) is 18.7. The number of fused-ring (bicyclic) bond motifs is 1. The van der Waals surface area contributed by atoms with Crippen LogP contribution in [0.1, 0.15) is 31.2 Å². The largest absolute Gasteiger partial charge is 0.391 e. The Kier molecular flexibility index (Phi) is 5.48. The highest BCUT2D eigenvalue weighted by Gasteiger charge is 2.27. The van der Waals surface area contributed by atoms with Gasteiger partial charge in [0, 0.05) is 13.1 Å². The van der Waals surface area contributed by atoms with Gasteiger partial charge in [-0.2, -0.15) is 0 Å². The van der Waals surface area contributed by atoms with E-state index in [1.54, 1.807) is 10.6 Å². The second kappa shape index (κ2) is 7.63. The molecular formula is C19H28N4O3. The number of aromatic nitrogens is 2. The molecule has 0 saturated heterocycles. The van der Waals surface area contributed by atoms with E-state index >= 15 is 0 Å². The number of aryl methyl sites for hydroxylation is 1. The minimum absolute atomic E-state index is 0.298. The fourth-order valence-corrected chi connectivity index (χ4v) is 3.70. The summed E-state index contributed by atoms with van der Waals surface area (Å²) < 4.78 is 2.88. The molecule has 142 valence electrons. The molecule has 1 aliphatic carbocycles. The van der Waals surface area contributed by atoms with Crippen LogP contribution in [0.15, 0.2) is 23.0 Å². The molecule has 2 aromatic rings. The van der Waals surface area contributed by atoms with Gasteiger partial charge in [0.1, 0.15) is 0 Å². The second-order valence-electron chi connectivity index (χ2n) is 7.42. The molecule has 0 radical (unpaired) electrons. The Morgan fingerprint density at radius 1 is 1.31 bits per heavy atom. The lowest BCUT2D eigenvalue weighted by atomic mass is 9.93. The molecular weight excluding hydrogens is 332 g/mol. The fraction of sp³-hybridized carbons (Fsp3) is 0.579. The zero-order valence-corrected chi connectivity index (χ0v) is 15.7. The molecule has 1 saturated carbocycles. The Hall–Kier alpha value is -2.12. The van der Waals surface area contributed by atoms with E-state index in [4.69, 9.17) is 0 Å². The lowest BCUT2D eigenvalue weighted by Gasteiger charge is -2.28. The highest BCUT2D eigenvalue weighted by atomic mass is 16.3. The van der Waals surface area contributed by atoms with Crippen molar-refractivity contribution in [2.24, 2.45) is 0 Å². The number of rotatable bonds is 4. The standard InChI is InChI=1S/C19H28N4O3/c1-13-7-6-9-15-17(13)22(12-11-21(2)3)19(26)23(15)18(25)20-14-8-4-5-10-16(14)24/h6-7,9,14,16,24H,4-5,8,10-12H2,1-3H3,(H,20,25)/t14-,16?/m0/s1. The van der Waals surface area contributed by atoms with Gasteiger partial charge in [0.2, 0.25) is 0 Å². The number of carbonyl (C=O) groups is 1. The van der Waals surface area contributed by atoms with Crippen LogP contribution < -0.4 is 11.0 Å². The average molecular weight is 360 g/mol. The van der Waals surface area contributed by atoms with Crippen LogP contribution in [-0.4, -0.2) is 58.0 Å². The van der Waals surface area contributed by atoms with Gasteiger partial charge in [0.25, 0.3) is 0 Å². The molecule has 1 aromatic heterocycles. The normalized spacial score (nSPS) is 20.7. The Balaban J connectivity index is 1.99. The van der Waals surface area contributed by atoms with E-state index in [-0.39, 0.29) is 11.7 Å². The van der Waals surface area contributed by atoms with E-state index in [0.29, 0.717) is 25.0 Å². The maximum atomic E-state index is 13.0. The molecule has 1 heterocycles. The fourth-order valence-electron chi connectivity index (χ4n) is 3.70. The van der Waals surface area contributed by atoms with E-state index in [1.165, 1.54) is 4.57 Å². The van der Waals surface area contributed by atoms with E-state index in [9.17, 15) is 14.7 Å². The number of aliphatic hydroxyl groups is 1. The van der Waals surface area contributed by atoms with Crippen molar-refractivity contribution >= 4 is 17.1 Å². The molecule has 1 aliphatic rings. The number of carbonyl (C=O) groups excluding carboxylic acids is 1. The summed E-state index contributed by atoms with van der Waals surface area (Å²) in [6, 6.07) is 4.84. The summed E-state index contributed by atoms with van der Waals surface area (Å²) in [5.74, 6) is 0. The Morgan fingerprint density at radius 3 is 2.73 bits per heavy atom. The van der Waals surface area contributed by atoms with Crippen LogP contribution >= 0.6 is 0 Å². The highest BCUT2D eigenvalue weighted by Crippen LogP contribution is 2.20. The molecule has 2 N–H and O–H groups in total. The van der Waals surface area contributed by atoms with Crippen molar-refractivity contribution in [1.82, 2.24) is 19.4 Å². The van der Waals surface area contributed by atoms with Crippen molar-refractivity contribution in [2.45, 2.75) is 51.3 Å². The third-order valence-corrected chi connectivity index (χ3v) is 5.16. The Labute approximate surface area is 153 Å². The zero-order chi connectivity index (χ0) is 18.8. The van der Waals surface area contributed by atoms with E-state index in [0.717, 1.165) is 30.3 Å². The molecule has 0 spiro atoms. The van der Waals surface area contributed by atoms with Gasteiger partial charge >= 0.3 is 11.7 Å². The first-order valence-corrected chi connectivity index (χ1v) is 9.24. The molecule has 3 rings (SSSR count). The smallest absolute Gasteiger partial charge is 0.337 e. The van der Waals surface area contributed by atoms with Crippen LogP contribution in [0.3, 0.4) is 0 Å². The van der Waals surface area contributed by atoms with Crippen LogP contribution in [-0.2, 0) is 6.54 Å². The summed E-state index contributed by atoms with van der Waals surface area (Å²) in [6.07, 6.45) is 2.81. The van der Waals surface area contributed by atoms with Crippen molar-refractivity contribution in [2.75, 3.05) is 20.6 Å². The molecule has 26 heavy (non-hydrogen) atoms. The van der Waals surface area contributed by atoms with E-state index in [1.807, 2.05) is 38.1 Å². The minimum Gasteiger partial charge on any atom is -0.391 e. The van der Waals surface area contributed by atoms with Gasteiger partial charge in [-0.3, -0.25) is 4.57 Å². The average Bonchev–Trinajstić information content (AvgIpc) is 2.88. The summed E-state index contributed by atoms with van der Waals surface area (Å²) in [5, 5.41) is 13.0. The lowest BCUT2D eigenvalue weighted by molar-refractivity contribution is 0.0944. The third-order valence-electron chi connectivity index (χ3n) is 5.16. The number of nitrogens with one attached hydrogen (secondary N) is 1. The number of benzene rings is 1. The Morgan fingerprint density at radius 2 is 2.04 bits per heavy atom. The summed E-state index contributed by atoms with van der Waals surface area (Å²) in [4.78, 5) is 27.9. The van der Waals surface area contributed by atoms with Crippen molar-refractivity contribution in [3.63, 3.8) is 0 Å². The zero-order valence-electron chi connectivity index (χ0n) is 15.7. The minimum atomic E-state index is -0.549. The molecule has 1 amide bonds. The molecule has 1 aromatic carbocycles.